The molecule has 6 heteroatoms. The first-order valence-electron chi connectivity index (χ1n) is 9.37. The molecule has 0 radical (unpaired) electrons. The van der Waals surface area contributed by atoms with Gasteiger partial charge in [-0.1, -0.05) is 32.6 Å². The lowest BCUT2D eigenvalue weighted by Crippen LogP contribution is -2.43. The molecule has 2 rings (SSSR count). The number of carbonyl (C=O) groups excluding carboxylic acids is 2. The number of rotatable bonds is 4. The zero-order chi connectivity index (χ0) is 18.6. The smallest absolute Gasteiger partial charge is 0.410 e. The van der Waals surface area contributed by atoms with Crippen molar-refractivity contribution >= 4 is 12.0 Å². The highest BCUT2D eigenvalue weighted by molar-refractivity contribution is 5.79. The molecule has 1 N–H and O–H groups in total. The van der Waals surface area contributed by atoms with E-state index in [9.17, 15) is 14.9 Å². The zero-order valence-corrected chi connectivity index (χ0v) is 15.9. The van der Waals surface area contributed by atoms with Crippen molar-refractivity contribution in [2.24, 2.45) is 17.8 Å². The van der Waals surface area contributed by atoms with Crippen molar-refractivity contribution in [3.8, 4) is 6.07 Å². The molecule has 1 aliphatic carbocycles. The molecule has 2 amide bonds. The van der Waals surface area contributed by atoms with Crippen LogP contribution in [-0.4, -0.2) is 41.6 Å². The second-order valence-corrected chi connectivity index (χ2v) is 8.52. The molecule has 2 aliphatic rings. The molecule has 0 aromatic carbocycles. The molecule has 0 aromatic heterocycles. The summed E-state index contributed by atoms with van der Waals surface area (Å²) in [6.07, 6.45) is 5.45. The van der Waals surface area contributed by atoms with E-state index in [0.717, 1.165) is 6.42 Å². The first kappa shape index (κ1) is 19.6. The van der Waals surface area contributed by atoms with Crippen LogP contribution in [0.15, 0.2) is 0 Å². The Bertz CT molecular complexity index is 529. The average molecular weight is 349 g/mol. The number of nitriles is 1. The van der Waals surface area contributed by atoms with Gasteiger partial charge >= 0.3 is 6.09 Å². The second kappa shape index (κ2) is 8.07. The number of nitrogens with zero attached hydrogens (tertiary/aromatic N) is 2. The molecule has 2 fully saturated rings. The van der Waals surface area contributed by atoms with Crippen LogP contribution in [0.25, 0.3) is 0 Å². The molecule has 1 aliphatic heterocycles. The van der Waals surface area contributed by atoms with E-state index in [1.807, 2.05) is 27.7 Å². The Kier molecular flexibility index (Phi) is 6.31. The number of hydrogen-bond donors (Lipinski definition) is 1. The molecule has 0 spiro atoms. The highest BCUT2D eigenvalue weighted by atomic mass is 16.6. The summed E-state index contributed by atoms with van der Waals surface area (Å²) in [5.74, 6) is 0.186. The topological polar surface area (TPSA) is 82.4 Å². The highest BCUT2D eigenvalue weighted by Gasteiger charge is 2.38. The fourth-order valence-electron chi connectivity index (χ4n) is 3.73. The van der Waals surface area contributed by atoms with Crippen molar-refractivity contribution in [2.75, 3.05) is 13.1 Å². The molecule has 25 heavy (non-hydrogen) atoms. The fourth-order valence-corrected chi connectivity index (χ4v) is 3.73. The van der Waals surface area contributed by atoms with Gasteiger partial charge in [-0.05, 0) is 33.1 Å². The number of amides is 2. The van der Waals surface area contributed by atoms with E-state index < -0.39 is 17.6 Å². The van der Waals surface area contributed by atoms with Gasteiger partial charge in [-0.3, -0.25) is 4.79 Å². The van der Waals surface area contributed by atoms with Crippen molar-refractivity contribution in [1.29, 1.82) is 5.26 Å². The molecule has 0 bridgehead atoms. The highest BCUT2D eigenvalue weighted by Crippen LogP contribution is 2.30. The van der Waals surface area contributed by atoms with Crippen LogP contribution in [0.5, 0.6) is 0 Å². The minimum atomic E-state index is -0.573. The van der Waals surface area contributed by atoms with E-state index in [1.54, 1.807) is 0 Å². The van der Waals surface area contributed by atoms with E-state index in [4.69, 9.17) is 4.74 Å². The second-order valence-electron chi connectivity index (χ2n) is 8.52. The zero-order valence-electron chi connectivity index (χ0n) is 15.9. The normalized spacial score (nSPS) is 25.5. The van der Waals surface area contributed by atoms with Crippen LogP contribution in [-0.2, 0) is 9.53 Å². The molecular formula is C19H31N3O3. The summed E-state index contributed by atoms with van der Waals surface area (Å²) in [4.78, 5) is 26.2. The van der Waals surface area contributed by atoms with E-state index >= 15 is 0 Å². The van der Waals surface area contributed by atoms with Gasteiger partial charge in [0.1, 0.15) is 5.60 Å². The maximum Gasteiger partial charge on any atom is 0.410 e. The number of hydrogen-bond acceptors (Lipinski definition) is 4. The first-order valence-corrected chi connectivity index (χ1v) is 9.37. The van der Waals surface area contributed by atoms with Gasteiger partial charge < -0.3 is 15.0 Å². The predicted octanol–water partition coefficient (Wildman–Crippen LogP) is 3.08. The van der Waals surface area contributed by atoms with Gasteiger partial charge in [-0.25, -0.2) is 4.79 Å². The standard InChI is InChI=1S/C19H31N3O3/c1-13(9-14-7-5-6-8-14)17(23)21-16-12-22(11-15(16)10-20)18(24)25-19(2,3)4/h13-16H,5-9,11-12H2,1-4H3,(H,21,23)/t13-,15+,16-/m1/s1. The Labute approximate surface area is 150 Å². The van der Waals surface area contributed by atoms with E-state index in [-0.39, 0.29) is 17.9 Å². The van der Waals surface area contributed by atoms with Crippen molar-refractivity contribution in [3.05, 3.63) is 0 Å². The first-order chi connectivity index (χ1) is 11.7. The Morgan fingerprint density at radius 3 is 2.48 bits per heavy atom. The van der Waals surface area contributed by atoms with Crippen LogP contribution in [0.1, 0.15) is 59.8 Å². The third-order valence-corrected chi connectivity index (χ3v) is 5.07. The molecule has 1 heterocycles. The van der Waals surface area contributed by atoms with Crippen LogP contribution >= 0.6 is 0 Å². The van der Waals surface area contributed by atoms with E-state index in [2.05, 4.69) is 11.4 Å². The Morgan fingerprint density at radius 1 is 1.28 bits per heavy atom. The van der Waals surface area contributed by atoms with Crippen LogP contribution in [0.4, 0.5) is 4.79 Å². The molecule has 0 aromatic rings. The largest absolute Gasteiger partial charge is 0.444 e. The SMILES string of the molecule is C[C@H](CC1CCCC1)C(=O)N[C@@H]1CN(C(=O)OC(C)(C)C)C[C@@H]1C#N. The number of carbonyl (C=O) groups is 2. The van der Waals surface area contributed by atoms with Crippen molar-refractivity contribution in [3.63, 3.8) is 0 Å². The van der Waals surface area contributed by atoms with E-state index in [0.29, 0.717) is 19.0 Å². The summed E-state index contributed by atoms with van der Waals surface area (Å²) in [5.41, 5.74) is -0.573. The molecule has 140 valence electrons. The van der Waals surface area contributed by atoms with Crippen molar-refractivity contribution in [2.45, 2.75) is 71.4 Å². The average Bonchev–Trinajstić information content (AvgIpc) is 3.14. The van der Waals surface area contributed by atoms with Gasteiger partial charge in [0.15, 0.2) is 0 Å². The molecular weight excluding hydrogens is 318 g/mol. The predicted molar refractivity (Wildman–Crippen MR) is 94.6 cm³/mol. The lowest BCUT2D eigenvalue weighted by molar-refractivity contribution is -0.125. The Balaban J connectivity index is 1.88. The number of likely N-dealkylation sites (tertiary alicyclic amines) is 1. The molecule has 0 unspecified atom stereocenters. The quantitative estimate of drug-likeness (QED) is 0.845. The summed E-state index contributed by atoms with van der Waals surface area (Å²) >= 11 is 0. The van der Waals surface area contributed by atoms with Gasteiger partial charge in [-0.15, -0.1) is 0 Å². The Morgan fingerprint density at radius 2 is 1.92 bits per heavy atom. The molecule has 6 nitrogen and oxygen atoms in total. The minimum absolute atomic E-state index is 0.0109. The molecule has 1 saturated carbocycles. The summed E-state index contributed by atoms with van der Waals surface area (Å²) in [6, 6.07) is 1.89. The summed E-state index contributed by atoms with van der Waals surface area (Å²) in [7, 11) is 0. The lowest BCUT2D eigenvalue weighted by atomic mass is 9.93. The number of nitrogens with one attached hydrogen (secondary N) is 1. The van der Waals surface area contributed by atoms with Crippen molar-refractivity contribution < 1.29 is 14.3 Å². The minimum Gasteiger partial charge on any atom is -0.444 e. The van der Waals surface area contributed by atoms with Crippen molar-refractivity contribution in [1.82, 2.24) is 10.2 Å². The Hall–Kier alpha value is -1.77. The number of ether oxygens (including phenoxy) is 1. The lowest BCUT2D eigenvalue weighted by Gasteiger charge is -2.24. The summed E-state index contributed by atoms with van der Waals surface area (Å²) < 4.78 is 5.37. The maximum absolute atomic E-state index is 12.5. The monoisotopic (exact) mass is 349 g/mol. The summed E-state index contributed by atoms with van der Waals surface area (Å²) in [5, 5.41) is 12.4. The van der Waals surface area contributed by atoms with E-state index in [1.165, 1.54) is 30.6 Å². The van der Waals surface area contributed by atoms with Gasteiger partial charge in [0.2, 0.25) is 5.91 Å². The van der Waals surface area contributed by atoms with Crippen LogP contribution in [0.3, 0.4) is 0 Å². The van der Waals surface area contributed by atoms with Gasteiger partial charge in [0, 0.05) is 19.0 Å². The van der Waals surface area contributed by atoms with Gasteiger partial charge in [-0.2, -0.15) is 5.26 Å². The third-order valence-electron chi connectivity index (χ3n) is 5.07. The van der Waals surface area contributed by atoms with Crippen LogP contribution in [0.2, 0.25) is 0 Å². The van der Waals surface area contributed by atoms with Crippen LogP contribution in [0, 0.1) is 29.1 Å². The van der Waals surface area contributed by atoms with Gasteiger partial charge in [0.25, 0.3) is 0 Å². The van der Waals surface area contributed by atoms with Gasteiger partial charge in [0.05, 0.1) is 18.0 Å². The third kappa shape index (κ3) is 5.62. The maximum atomic E-state index is 12.5. The fraction of sp³-hybridized carbons (Fsp3) is 0.842. The molecule has 1 saturated heterocycles. The molecule has 3 atom stereocenters. The summed E-state index contributed by atoms with van der Waals surface area (Å²) in [6.45, 7) is 8.02. The van der Waals surface area contributed by atoms with Crippen LogP contribution < -0.4 is 5.32 Å².